The molecule has 0 atom stereocenters. The van der Waals surface area contributed by atoms with E-state index in [9.17, 15) is 0 Å². The Labute approximate surface area is 108 Å². The molecule has 0 spiro atoms. The molecule has 5 heteroatoms. The first kappa shape index (κ1) is 10.9. The van der Waals surface area contributed by atoms with Gasteiger partial charge in [0.15, 0.2) is 10.9 Å². The molecule has 0 aliphatic carbocycles. The first-order chi connectivity index (χ1) is 8.81. The van der Waals surface area contributed by atoms with E-state index in [1.54, 1.807) is 6.26 Å². The normalized spacial score (nSPS) is 10.4. The molecule has 0 aliphatic rings. The fourth-order valence-electron chi connectivity index (χ4n) is 1.56. The van der Waals surface area contributed by atoms with Crippen molar-refractivity contribution in [1.82, 2.24) is 4.98 Å². The van der Waals surface area contributed by atoms with Crippen molar-refractivity contribution < 1.29 is 4.42 Å². The predicted molar refractivity (Wildman–Crippen MR) is 74.0 cm³/mol. The molecule has 0 saturated carbocycles. The van der Waals surface area contributed by atoms with Crippen LogP contribution in [0.2, 0.25) is 0 Å². The smallest absolute Gasteiger partial charge is 0.187 e. The van der Waals surface area contributed by atoms with E-state index in [1.807, 2.05) is 41.8 Å². The van der Waals surface area contributed by atoms with Crippen LogP contribution in [0.3, 0.4) is 0 Å². The maximum atomic E-state index is 5.64. The van der Waals surface area contributed by atoms with Crippen LogP contribution in [0.4, 0.5) is 16.5 Å². The highest BCUT2D eigenvalue weighted by Crippen LogP contribution is 2.27. The summed E-state index contributed by atoms with van der Waals surface area (Å²) in [5.41, 5.74) is 8.18. The predicted octanol–water partition coefficient (Wildman–Crippen LogP) is 3.73. The van der Waals surface area contributed by atoms with E-state index in [-0.39, 0.29) is 0 Å². The summed E-state index contributed by atoms with van der Waals surface area (Å²) in [6.07, 6.45) is 1.64. The lowest BCUT2D eigenvalue weighted by Gasteiger charge is -2.02. The van der Waals surface area contributed by atoms with E-state index < -0.39 is 0 Å². The lowest BCUT2D eigenvalue weighted by atomic mass is 10.3. The monoisotopic (exact) mass is 257 g/mol. The van der Waals surface area contributed by atoms with Gasteiger partial charge in [0, 0.05) is 16.8 Å². The van der Waals surface area contributed by atoms with E-state index >= 15 is 0 Å². The van der Waals surface area contributed by atoms with Crippen molar-refractivity contribution in [2.75, 3.05) is 11.1 Å². The van der Waals surface area contributed by atoms with Crippen molar-refractivity contribution in [3.8, 4) is 11.5 Å². The van der Waals surface area contributed by atoms with Crippen molar-refractivity contribution in [2.24, 2.45) is 0 Å². The van der Waals surface area contributed by atoms with Crippen LogP contribution in [0, 0.1) is 0 Å². The summed E-state index contributed by atoms with van der Waals surface area (Å²) in [7, 11) is 0. The highest BCUT2D eigenvalue weighted by molar-refractivity contribution is 7.14. The Hall–Kier alpha value is -2.27. The molecule has 0 saturated heterocycles. The second-order valence-corrected chi connectivity index (χ2v) is 4.62. The lowest BCUT2D eigenvalue weighted by molar-refractivity contribution is 0.580. The SMILES string of the molecule is Nc1ccc(Nc2nc(-c3ccco3)cs2)cc1. The molecule has 4 nitrogen and oxygen atoms in total. The van der Waals surface area contributed by atoms with E-state index in [2.05, 4.69) is 10.3 Å². The molecular weight excluding hydrogens is 246 g/mol. The van der Waals surface area contributed by atoms with Gasteiger partial charge in [0.2, 0.25) is 0 Å². The van der Waals surface area contributed by atoms with Crippen molar-refractivity contribution in [3.63, 3.8) is 0 Å². The molecule has 0 radical (unpaired) electrons. The van der Waals surface area contributed by atoms with Crippen molar-refractivity contribution in [3.05, 3.63) is 48.0 Å². The molecule has 18 heavy (non-hydrogen) atoms. The molecule has 3 N–H and O–H groups in total. The van der Waals surface area contributed by atoms with E-state index in [4.69, 9.17) is 10.2 Å². The average Bonchev–Trinajstić information content (AvgIpc) is 3.02. The lowest BCUT2D eigenvalue weighted by Crippen LogP contribution is -1.90. The minimum absolute atomic E-state index is 0.746. The van der Waals surface area contributed by atoms with Crippen LogP contribution in [0.5, 0.6) is 0 Å². The van der Waals surface area contributed by atoms with Crippen LogP contribution in [0.15, 0.2) is 52.5 Å². The number of nitrogens with two attached hydrogens (primary N) is 1. The summed E-state index contributed by atoms with van der Waals surface area (Å²) in [5.74, 6) is 0.775. The third kappa shape index (κ3) is 2.21. The number of furan rings is 1. The quantitative estimate of drug-likeness (QED) is 0.702. The second kappa shape index (κ2) is 4.54. The van der Waals surface area contributed by atoms with Gasteiger partial charge in [0.05, 0.1) is 6.26 Å². The fourth-order valence-corrected chi connectivity index (χ4v) is 2.28. The first-order valence-electron chi connectivity index (χ1n) is 5.43. The zero-order chi connectivity index (χ0) is 12.4. The van der Waals surface area contributed by atoms with Crippen molar-refractivity contribution in [2.45, 2.75) is 0 Å². The number of nitrogens with zero attached hydrogens (tertiary/aromatic N) is 1. The number of thiazole rings is 1. The third-order valence-corrected chi connectivity index (χ3v) is 3.20. The fraction of sp³-hybridized carbons (Fsp3) is 0. The van der Waals surface area contributed by atoms with Gasteiger partial charge in [-0.25, -0.2) is 4.98 Å². The van der Waals surface area contributed by atoms with Crippen LogP contribution in [-0.2, 0) is 0 Å². The molecule has 3 aromatic rings. The molecular formula is C13H11N3OS. The number of nitrogen functional groups attached to an aromatic ring is 1. The number of hydrogen-bond donors (Lipinski definition) is 2. The number of aromatic nitrogens is 1. The highest BCUT2D eigenvalue weighted by atomic mass is 32.1. The van der Waals surface area contributed by atoms with E-state index in [0.717, 1.165) is 28.0 Å². The van der Waals surface area contributed by atoms with Crippen molar-refractivity contribution in [1.29, 1.82) is 0 Å². The Morgan fingerprint density at radius 3 is 2.72 bits per heavy atom. The van der Waals surface area contributed by atoms with Crippen LogP contribution >= 0.6 is 11.3 Å². The summed E-state index contributed by atoms with van der Waals surface area (Å²) in [4.78, 5) is 4.45. The van der Waals surface area contributed by atoms with Gasteiger partial charge >= 0.3 is 0 Å². The first-order valence-corrected chi connectivity index (χ1v) is 6.31. The zero-order valence-corrected chi connectivity index (χ0v) is 10.3. The summed E-state index contributed by atoms with van der Waals surface area (Å²) in [5, 5.41) is 6.01. The Bertz CT molecular complexity index is 629. The van der Waals surface area contributed by atoms with Crippen molar-refractivity contribution >= 4 is 27.8 Å². The summed E-state index contributed by atoms with van der Waals surface area (Å²) in [6, 6.07) is 11.3. The molecule has 0 fully saturated rings. The Kier molecular flexibility index (Phi) is 2.74. The molecule has 0 amide bonds. The van der Waals surface area contributed by atoms with Gasteiger partial charge in [0.1, 0.15) is 5.69 Å². The van der Waals surface area contributed by atoms with Gasteiger partial charge in [-0.3, -0.25) is 0 Å². The Morgan fingerprint density at radius 2 is 2.00 bits per heavy atom. The third-order valence-electron chi connectivity index (χ3n) is 2.44. The van der Waals surface area contributed by atoms with Gasteiger partial charge in [-0.05, 0) is 36.4 Å². The second-order valence-electron chi connectivity index (χ2n) is 3.76. The maximum Gasteiger partial charge on any atom is 0.187 e. The number of anilines is 3. The number of benzene rings is 1. The van der Waals surface area contributed by atoms with E-state index in [0.29, 0.717) is 0 Å². The maximum absolute atomic E-state index is 5.64. The van der Waals surface area contributed by atoms with Gasteiger partial charge in [-0.1, -0.05) is 0 Å². The van der Waals surface area contributed by atoms with Gasteiger partial charge in [-0.15, -0.1) is 11.3 Å². The molecule has 3 rings (SSSR count). The van der Waals surface area contributed by atoms with E-state index in [1.165, 1.54) is 11.3 Å². The molecule has 1 aromatic carbocycles. The minimum atomic E-state index is 0.746. The van der Waals surface area contributed by atoms with Crippen LogP contribution in [-0.4, -0.2) is 4.98 Å². The zero-order valence-electron chi connectivity index (χ0n) is 9.46. The van der Waals surface area contributed by atoms with Gasteiger partial charge in [-0.2, -0.15) is 0 Å². The topological polar surface area (TPSA) is 64.1 Å². The summed E-state index contributed by atoms with van der Waals surface area (Å²) in [6.45, 7) is 0. The largest absolute Gasteiger partial charge is 0.463 e. The molecule has 90 valence electrons. The molecule has 0 unspecified atom stereocenters. The highest BCUT2D eigenvalue weighted by Gasteiger charge is 2.06. The number of hydrogen-bond acceptors (Lipinski definition) is 5. The molecule has 0 aliphatic heterocycles. The number of rotatable bonds is 3. The standard InChI is InChI=1S/C13H11N3OS/c14-9-3-5-10(6-4-9)15-13-16-11(8-18-13)12-2-1-7-17-12/h1-8H,14H2,(H,15,16). The summed E-state index contributed by atoms with van der Waals surface area (Å²) >= 11 is 1.53. The van der Waals surface area contributed by atoms with Crippen LogP contribution in [0.25, 0.3) is 11.5 Å². The molecule has 2 heterocycles. The van der Waals surface area contributed by atoms with Gasteiger partial charge in [0.25, 0.3) is 0 Å². The summed E-state index contributed by atoms with van der Waals surface area (Å²) < 4.78 is 5.30. The number of nitrogens with one attached hydrogen (secondary N) is 1. The van der Waals surface area contributed by atoms with Gasteiger partial charge < -0.3 is 15.5 Å². The molecule has 0 bridgehead atoms. The molecule has 2 aromatic heterocycles. The van der Waals surface area contributed by atoms with Crippen LogP contribution < -0.4 is 11.1 Å². The average molecular weight is 257 g/mol. The minimum Gasteiger partial charge on any atom is -0.463 e. The van der Waals surface area contributed by atoms with Crippen LogP contribution in [0.1, 0.15) is 0 Å². The Balaban J connectivity index is 1.80. The Morgan fingerprint density at radius 1 is 1.17 bits per heavy atom.